The first-order valence-electron chi connectivity index (χ1n) is 7.87. The van der Waals surface area contributed by atoms with Gasteiger partial charge in [-0.05, 0) is 5.56 Å². The molecule has 0 aliphatic heterocycles. The van der Waals surface area contributed by atoms with Crippen molar-refractivity contribution in [2.45, 2.75) is 5.75 Å². The number of ether oxygens (including phenoxy) is 2. The minimum absolute atomic E-state index is 0.0549. The number of amides is 1. The summed E-state index contributed by atoms with van der Waals surface area (Å²) in [6, 6.07) is 12.5. The van der Waals surface area contributed by atoms with E-state index < -0.39 is 10.8 Å². The molecule has 138 valence electrons. The van der Waals surface area contributed by atoms with Crippen LogP contribution in [0.3, 0.4) is 0 Å². The largest absolute Gasteiger partial charge is 0.493 e. The summed E-state index contributed by atoms with van der Waals surface area (Å²) in [5.74, 6) is 1.49. The molecule has 0 aliphatic rings. The maximum Gasteiger partial charge on any atom is 0.286 e. The zero-order valence-electron chi connectivity index (χ0n) is 14.6. The molecule has 0 aliphatic carbocycles. The lowest BCUT2D eigenvalue weighted by molar-refractivity contribution is -0.385. The Kier molecular flexibility index (Phi) is 7.28. The summed E-state index contributed by atoms with van der Waals surface area (Å²) in [6.07, 6.45) is 0. The fourth-order valence-electron chi connectivity index (χ4n) is 2.30. The van der Waals surface area contributed by atoms with Crippen LogP contribution in [0.1, 0.15) is 15.9 Å². The molecule has 0 radical (unpaired) electrons. The SMILES string of the molecule is COc1cc(C(=O)NCCSCc2ccccc2)c([N+](=O)[O-])cc1OC. The molecule has 26 heavy (non-hydrogen) atoms. The zero-order chi connectivity index (χ0) is 18.9. The van der Waals surface area contributed by atoms with Crippen molar-refractivity contribution in [2.24, 2.45) is 0 Å². The van der Waals surface area contributed by atoms with Crippen LogP contribution in [-0.4, -0.2) is 37.3 Å². The number of hydrogen-bond acceptors (Lipinski definition) is 6. The van der Waals surface area contributed by atoms with Crippen LogP contribution in [0.5, 0.6) is 11.5 Å². The van der Waals surface area contributed by atoms with Crippen LogP contribution in [-0.2, 0) is 5.75 Å². The van der Waals surface area contributed by atoms with Gasteiger partial charge in [-0.25, -0.2) is 0 Å². The minimum Gasteiger partial charge on any atom is -0.493 e. The minimum atomic E-state index is -0.610. The van der Waals surface area contributed by atoms with E-state index in [-0.39, 0.29) is 22.7 Å². The summed E-state index contributed by atoms with van der Waals surface area (Å²) in [7, 11) is 2.79. The van der Waals surface area contributed by atoms with Gasteiger partial charge in [0.05, 0.1) is 25.2 Å². The Bertz CT molecular complexity index is 768. The Morgan fingerprint density at radius 3 is 2.42 bits per heavy atom. The van der Waals surface area contributed by atoms with Crippen molar-refractivity contribution in [1.82, 2.24) is 5.32 Å². The smallest absolute Gasteiger partial charge is 0.286 e. The molecule has 0 atom stereocenters. The maximum absolute atomic E-state index is 12.3. The van der Waals surface area contributed by atoms with Gasteiger partial charge in [0.25, 0.3) is 11.6 Å². The number of benzene rings is 2. The number of methoxy groups -OCH3 is 2. The van der Waals surface area contributed by atoms with E-state index in [1.807, 2.05) is 30.3 Å². The third kappa shape index (κ3) is 5.13. The van der Waals surface area contributed by atoms with Crippen molar-refractivity contribution in [3.05, 3.63) is 63.7 Å². The van der Waals surface area contributed by atoms with Gasteiger partial charge < -0.3 is 14.8 Å². The predicted octanol–water partition coefficient (Wildman–Crippen LogP) is 3.28. The lowest BCUT2D eigenvalue weighted by Gasteiger charge is -2.11. The molecule has 2 rings (SSSR count). The average Bonchev–Trinajstić information content (AvgIpc) is 2.67. The van der Waals surface area contributed by atoms with Crippen molar-refractivity contribution < 1.29 is 19.2 Å². The molecular weight excluding hydrogens is 356 g/mol. The van der Waals surface area contributed by atoms with Crippen molar-refractivity contribution in [2.75, 3.05) is 26.5 Å². The Balaban J connectivity index is 1.96. The highest BCUT2D eigenvalue weighted by Crippen LogP contribution is 2.34. The van der Waals surface area contributed by atoms with E-state index >= 15 is 0 Å². The van der Waals surface area contributed by atoms with Crippen LogP contribution in [0.25, 0.3) is 0 Å². The first-order valence-corrected chi connectivity index (χ1v) is 9.02. The number of hydrogen-bond donors (Lipinski definition) is 1. The zero-order valence-corrected chi connectivity index (χ0v) is 15.4. The standard InChI is InChI=1S/C18H20N2O5S/c1-24-16-10-14(15(20(22)23)11-17(16)25-2)18(21)19-8-9-26-12-13-6-4-3-5-7-13/h3-7,10-11H,8-9,12H2,1-2H3,(H,19,21). The fourth-order valence-corrected chi connectivity index (χ4v) is 3.12. The Hall–Kier alpha value is -2.74. The monoisotopic (exact) mass is 376 g/mol. The number of nitro benzene ring substituents is 1. The molecule has 7 nitrogen and oxygen atoms in total. The summed E-state index contributed by atoms with van der Waals surface area (Å²) in [5.41, 5.74) is 0.831. The van der Waals surface area contributed by atoms with Gasteiger partial charge in [-0.1, -0.05) is 30.3 Å². The molecule has 2 aromatic carbocycles. The van der Waals surface area contributed by atoms with Gasteiger partial charge in [-0.3, -0.25) is 14.9 Å². The molecule has 8 heteroatoms. The lowest BCUT2D eigenvalue weighted by Crippen LogP contribution is -2.26. The number of nitrogens with one attached hydrogen (secondary N) is 1. The highest BCUT2D eigenvalue weighted by atomic mass is 32.2. The van der Waals surface area contributed by atoms with Gasteiger partial charge in [0.15, 0.2) is 11.5 Å². The van der Waals surface area contributed by atoms with Crippen LogP contribution in [0.2, 0.25) is 0 Å². The first kappa shape index (κ1) is 19.6. The van der Waals surface area contributed by atoms with Crippen LogP contribution in [0.4, 0.5) is 5.69 Å². The molecule has 0 fully saturated rings. The van der Waals surface area contributed by atoms with E-state index in [0.717, 1.165) is 5.75 Å². The topological polar surface area (TPSA) is 90.7 Å². The molecule has 0 heterocycles. The van der Waals surface area contributed by atoms with E-state index in [0.29, 0.717) is 12.3 Å². The van der Waals surface area contributed by atoms with Gasteiger partial charge in [0.2, 0.25) is 0 Å². The number of thioether (sulfide) groups is 1. The number of nitrogens with zero attached hydrogens (tertiary/aromatic N) is 1. The second-order valence-corrected chi connectivity index (χ2v) is 6.38. The second kappa shape index (κ2) is 9.67. The first-order chi connectivity index (χ1) is 12.6. The molecule has 0 bridgehead atoms. The van der Waals surface area contributed by atoms with E-state index in [2.05, 4.69) is 5.32 Å². The van der Waals surface area contributed by atoms with Crippen LogP contribution in [0.15, 0.2) is 42.5 Å². The molecule has 1 amide bonds. The molecule has 1 N–H and O–H groups in total. The molecule has 0 saturated carbocycles. The Labute approximate surface area is 155 Å². The van der Waals surface area contributed by atoms with Gasteiger partial charge in [0, 0.05) is 24.1 Å². The summed E-state index contributed by atoms with van der Waals surface area (Å²) in [5, 5.41) is 14.0. The Morgan fingerprint density at radius 2 is 1.81 bits per heavy atom. The third-order valence-electron chi connectivity index (χ3n) is 3.59. The number of nitro groups is 1. The summed E-state index contributed by atoms with van der Waals surface area (Å²) in [4.78, 5) is 23.0. The quantitative estimate of drug-likeness (QED) is 0.410. The molecule has 2 aromatic rings. The lowest BCUT2D eigenvalue weighted by atomic mass is 10.1. The normalized spacial score (nSPS) is 10.2. The van der Waals surface area contributed by atoms with E-state index in [9.17, 15) is 14.9 Å². The summed E-state index contributed by atoms with van der Waals surface area (Å²) in [6.45, 7) is 0.405. The van der Waals surface area contributed by atoms with Crippen molar-refractivity contribution >= 4 is 23.4 Å². The van der Waals surface area contributed by atoms with Gasteiger partial charge in [0.1, 0.15) is 5.56 Å². The van der Waals surface area contributed by atoms with Crippen molar-refractivity contribution in [3.63, 3.8) is 0 Å². The highest BCUT2D eigenvalue weighted by molar-refractivity contribution is 7.98. The molecular formula is C18H20N2O5S. The van der Waals surface area contributed by atoms with Gasteiger partial charge in [-0.2, -0.15) is 11.8 Å². The molecule has 0 saturated heterocycles. The number of rotatable bonds is 9. The maximum atomic E-state index is 12.3. The van der Waals surface area contributed by atoms with Gasteiger partial charge in [-0.15, -0.1) is 0 Å². The molecule has 0 aromatic heterocycles. The fraction of sp³-hybridized carbons (Fsp3) is 0.278. The second-order valence-electron chi connectivity index (χ2n) is 5.28. The number of carbonyl (C=O) groups excluding carboxylic acids is 1. The van der Waals surface area contributed by atoms with Gasteiger partial charge >= 0.3 is 0 Å². The third-order valence-corrected chi connectivity index (χ3v) is 4.62. The molecule has 0 unspecified atom stereocenters. The van der Waals surface area contributed by atoms with Crippen LogP contribution in [0, 0.1) is 10.1 Å². The number of carbonyl (C=O) groups is 1. The van der Waals surface area contributed by atoms with Crippen LogP contribution < -0.4 is 14.8 Å². The Morgan fingerprint density at radius 1 is 1.15 bits per heavy atom. The van der Waals surface area contributed by atoms with Crippen molar-refractivity contribution in [1.29, 1.82) is 0 Å². The van der Waals surface area contributed by atoms with E-state index in [4.69, 9.17) is 9.47 Å². The van der Waals surface area contributed by atoms with Crippen molar-refractivity contribution in [3.8, 4) is 11.5 Å². The molecule has 0 spiro atoms. The summed E-state index contributed by atoms with van der Waals surface area (Å²) >= 11 is 1.67. The average molecular weight is 376 g/mol. The van der Waals surface area contributed by atoms with E-state index in [1.165, 1.54) is 31.9 Å². The van der Waals surface area contributed by atoms with E-state index in [1.54, 1.807) is 11.8 Å². The highest BCUT2D eigenvalue weighted by Gasteiger charge is 2.24. The summed E-state index contributed by atoms with van der Waals surface area (Å²) < 4.78 is 10.2. The predicted molar refractivity (Wildman–Crippen MR) is 101 cm³/mol. The van der Waals surface area contributed by atoms with Crippen LogP contribution >= 0.6 is 11.8 Å².